The number of hydrogen-bond donors (Lipinski definition) is 0. The summed E-state index contributed by atoms with van der Waals surface area (Å²) in [5.74, 6) is 0. The molecule has 0 bridgehead atoms. The third-order valence-electron chi connectivity index (χ3n) is 2.61. The van der Waals surface area contributed by atoms with Crippen LogP contribution in [0.25, 0.3) is 0 Å². The minimum atomic E-state index is 0.528. The molecule has 0 amide bonds. The third kappa shape index (κ3) is 4.50. The molecular formula is C13H18ClN. The van der Waals surface area contributed by atoms with E-state index in [4.69, 9.17) is 11.6 Å². The van der Waals surface area contributed by atoms with Gasteiger partial charge in [-0.15, -0.1) is 0 Å². The summed E-state index contributed by atoms with van der Waals surface area (Å²) in [6.45, 7) is 3.13. The molecule has 2 heteroatoms. The van der Waals surface area contributed by atoms with E-state index in [9.17, 15) is 0 Å². The molecule has 0 radical (unpaired) electrons. The summed E-state index contributed by atoms with van der Waals surface area (Å²) in [5, 5.41) is 0. The fourth-order valence-electron chi connectivity index (χ4n) is 1.50. The average molecular weight is 224 g/mol. The predicted molar refractivity (Wildman–Crippen MR) is 67.2 cm³/mol. The number of benzene rings is 1. The Morgan fingerprint density at radius 1 is 1.33 bits per heavy atom. The maximum atomic E-state index is 5.50. The van der Waals surface area contributed by atoms with Crippen LogP contribution in [0.3, 0.4) is 0 Å². The molecule has 0 aromatic heterocycles. The SMILES string of the molecule is CC(Cc1ccccc1)N(C)C/C=C/Cl. The van der Waals surface area contributed by atoms with Gasteiger partial charge in [0.2, 0.25) is 0 Å². The van der Waals surface area contributed by atoms with E-state index in [0.717, 1.165) is 13.0 Å². The Bertz CT molecular complexity index is 295. The zero-order chi connectivity index (χ0) is 11.1. The highest BCUT2D eigenvalue weighted by molar-refractivity contribution is 6.25. The van der Waals surface area contributed by atoms with E-state index in [1.165, 1.54) is 5.56 Å². The quantitative estimate of drug-likeness (QED) is 0.741. The van der Waals surface area contributed by atoms with Gasteiger partial charge < -0.3 is 0 Å². The number of rotatable bonds is 5. The first-order valence-electron chi connectivity index (χ1n) is 5.23. The Balaban J connectivity index is 2.44. The van der Waals surface area contributed by atoms with E-state index in [1.807, 2.05) is 12.1 Å². The van der Waals surface area contributed by atoms with E-state index in [2.05, 4.69) is 43.1 Å². The highest BCUT2D eigenvalue weighted by atomic mass is 35.5. The molecule has 0 saturated heterocycles. The van der Waals surface area contributed by atoms with Gasteiger partial charge in [0.15, 0.2) is 0 Å². The largest absolute Gasteiger partial charge is 0.300 e. The normalized spacial score (nSPS) is 13.6. The molecule has 1 unspecified atom stereocenters. The maximum absolute atomic E-state index is 5.50. The van der Waals surface area contributed by atoms with Crippen molar-refractivity contribution in [2.75, 3.05) is 13.6 Å². The first-order chi connectivity index (χ1) is 7.24. The molecule has 1 aromatic carbocycles. The highest BCUT2D eigenvalue weighted by Crippen LogP contribution is 2.07. The standard InChI is InChI=1S/C13H18ClN/c1-12(15(2)10-6-9-14)11-13-7-4-3-5-8-13/h3-9,12H,10-11H2,1-2H3/b9-6+. The lowest BCUT2D eigenvalue weighted by Gasteiger charge is -2.23. The fourth-order valence-corrected chi connectivity index (χ4v) is 1.58. The molecule has 0 N–H and O–H groups in total. The maximum Gasteiger partial charge on any atom is 0.0174 e. The van der Waals surface area contributed by atoms with Gasteiger partial charge in [-0.05, 0) is 26.0 Å². The monoisotopic (exact) mass is 223 g/mol. The van der Waals surface area contributed by atoms with Crippen LogP contribution >= 0.6 is 11.6 Å². The summed E-state index contributed by atoms with van der Waals surface area (Å²) in [7, 11) is 2.12. The van der Waals surface area contributed by atoms with Crippen LogP contribution in [0.1, 0.15) is 12.5 Å². The van der Waals surface area contributed by atoms with Crippen molar-refractivity contribution >= 4 is 11.6 Å². The van der Waals surface area contributed by atoms with Crippen molar-refractivity contribution < 1.29 is 0 Å². The lowest BCUT2D eigenvalue weighted by Crippen LogP contribution is -2.30. The molecule has 82 valence electrons. The number of nitrogens with zero attached hydrogens (tertiary/aromatic N) is 1. The van der Waals surface area contributed by atoms with Crippen LogP contribution in [0.5, 0.6) is 0 Å². The Kier molecular flexibility index (Phi) is 5.44. The number of hydrogen-bond acceptors (Lipinski definition) is 1. The highest BCUT2D eigenvalue weighted by Gasteiger charge is 2.07. The van der Waals surface area contributed by atoms with Crippen LogP contribution < -0.4 is 0 Å². The van der Waals surface area contributed by atoms with Gasteiger partial charge in [-0.25, -0.2) is 0 Å². The van der Waals surface area contributed by atoms with Crippen molar-refractivity contribution in [3.8, 4) is 0 Å². The molecule has 1 aromatic rings. The Morgan fingerprint density at radius 3 is 2.60 bits per heavy atom. The van der Waals surface area contributed by atoms with Crippen molar-refractivity contribution in [1.29, 1.82) is 0 Å². The number of halogens is 1. The molecule has 1 rings (SSSR count). The third-order valence-corrected chi connectivity index (χ3v) is 2.79. The van der Waals surface area contributed by atoms with Gasteiger partial charge in [0, 0.05) is 18.1 Å². The zero-order valence-corrected chi connectivity index (χ0v) is 10.1. The fraction of sp³-hybridized carbons (Fsp3) is 0.385. The lowest BCUT2D eigenvalue weighted by molar-refractivity contribution is 0.283. The van der Waals surface area contributed by atoms with Crippen LogP contribution in [0.2, 0.25) is 0 Å². The second kappa shape index (κ2) is 6.65. The molecule has 0 aliphatic heterocycles. The molecule has 0 aliphatic carbocycles. The second-order valence-electron chi connectivity index (χ2n) is 3.84. The molecule has 1 atom stereocenters. The van der Waals surface area contributed by atoms with Crippen LogP contribution in [-0.4, -0.2) is 24.5 Å². The van der Waals surface area contributed by atoms with Crippen molar-refractivity contribution in [2.24, 2.45) is 0 Å². The van der Waals surface area contributed by atoms with Crippen LogP contribution in [-0.2, 0) is 6.42 Å². The summed E-state index contributed by atoms with van der Waals surface area (Å²) in [5.41, 5.74) is 2.96. The molecular weight excluding hydrogens is 206 g/mol. The molecule has 15 heavy (non-hydrogen) atoms. The first kappa shape index (κ1) is 12.3. The van der Waals surface area contributed by atoms with E-state index in [-0.39, 0.29) is 0 Å². The van der Waals surface area contributed by atoms with Gasteiger partial charge in [0.05, 0.1) is 0 Å². The predicted octanol–water partition coefficient (Wildman–Crippen LogP) is 3.30. The van der Waals surface area contributed by atoms with Crippen LogP contribution in [0.4, 0.5) is 0 Å². The van der Waals surface area contributed by atoms with Gasteiger partial charge in [-0.1, -0.05) is 48.0 Å². The average Bonchev–Trinajstić information content (AvgIpc) is 2.27. The molecule has 0 spiro atoms. The van der Waals surface area contributed by atoms with Gasteiger partial charge in [-0.2, -0.15) is 0 Å². The van der Waals surface area contributed by atoms with E-state index < -0.39 is 0 Å². The summed E-state index contributed by atoms with van der Waals surface area (Å²) in [6.07, 6.45) is 3.04. The van der Waals surface area contributed by atoms with Crippen molar-refractivity contribution in [2.45, 2.75) is 19.4 Å². The first-order valence-corrected chi connectivity index (χ1v) is 5.67. The second-order valence-corrected chi connectivity index (χ2v) is 4.09. The van der Waals surface area contributed by atoms with E-state index in [0.29, 0.717) is 6.04 Å². The zero-order valence-electron chi connectivity index (χ0n) is 9.36. The van der Waals surface area contributed by atoms with Gasteiger partial charge in [0.25, 0.3) is 0 Å². The van der Waals surface area contributed by atoms with Gasteiger partial charge >= 0.3 is 0 Å². The number of likely N-dealkylation sites (N-methyl/N-ethyl adjacent to an activating group) is 1. The minimum Gasteiger partial charge on any atom is -0.300 e. The van der Waals surface area contributed by atoms with Crippen molar-refractivity contribution in [3.05, 3.63) is 47.5 Å². The van der Waals surface area contributed by atoms with Gasteiger partial charge in [-0.3, -0.25) is 4.90 Å². The molecule has 0 fully saturated rings. The van der Waals surface area contributed by atoms with Crippen LogP contribution in [0.15, 0.2) is 41.9 Å². The van der Waals surface area contributed by atoms with Crippen molar-refractivity contribution in [3.63, 3.8) is 0 Å². The van der Waals surface area contributed by atoms with Crippen LogP contribution in [0, 0.1) is 0 Å². The summed E-state index contributed by atoms with van der Waals surface area (Å²) in [6, 6.07) is 11.1. The lowest BCUT2D eigenvalue weighted by atomic mass is 10.1. The smallest absolute Gasteiger partial charge is 0.0174 e. The molecule has 0 saturated carbocycles. The Hall–Kier alpha value is -0.790. The Labute approximate surface area is 97.4 Å². The topological polar surface area (TPSA) is 3.24 Å². The summed E-state index contributed by atoms with van der Waals surface area (Å²) < 4.78 is 0. The summed E-state index contributed by atoms with van der Waals surface area (Å²) in [4.78, 5) is 2.28. The minimum absolute atomic E-state index is 0.528. The molecule has 0 aliphatic rings. The molecule has 0 heterocycles. The molecule has 1 nitrogen and oxygen atoms in total. The summed E-state index contributed by atoms with van der Waals surface area (Å²) >= 11 is 5.50. The Morgan fingerprint density at radius 2 is 2.00 bits per heavy atom. The van der Waals surface area contributed by atoms with Gasteiger partial charge in [0.1, 0.15) is 0 Å². The van der Waals surface area contributed by atoms with E-state index in [1.54, 1.807) is 5.54 Å². The van der Waals surface area contributed by atoms with E-state index >= 15 is 0 Å². The van der Waals surface area contributed by atoms with Crippen molar-refractivity contribution in [1.82, 2.24) is 4.90 Å².